The molecule has 7 nitrogen and oxygen atoms in total. The highest BCUT2D eigenvalue weighted by Gasteiger charge is 2.30. The minimum atomic E-state index is -0.367. The van der Waals surface area contributed by atoms with E-state index in [9.17, 15) is 4.79 Å². The second-order valence-corrected chi connectivity index (χ2v) is 7.49. The van der Waals surface area contributed by atoms with Crippen molar-refractivity contribution in [2.45, 2.75) is 32.0 Å². The maximum Gasteiger partial charge on any atom is 0.258 e. The molecule has 0 bridgehead atoms. The average Bonchev–Trinajstić information content (AvgIpc) is 3.30. The number of hydrogen-bond donors (Lipinski definition) is 3. The van der Waals surface area contributed by atoms with Crippen LogP contribution in [0.4, 0.5) is 0 Å². The van der Waals surface area contributed by atoms with Crippen molar-refractivity contribution in [3.8, 4) is 5.75 Å². The number of nitrogens with zero attached hydrogens (tertiary/aromatic N) is 2. The number of carbonyl (C=O) groups is 1. The summed E-state index contributed by atoms with van der Waals surface area (Å²) in [6.45, 7) is 2.60. The molecule has 1 saturated heterocycles. The van der Waals surface area contributed by atoms with Gasteiger partial charge >= 0.3 is 0 Å². The maximum absolute atomic E-state index is 12.3. The van der Waals surface area contributed by atoms with Crippen LogP contribution in [0.3, 0.4) is 0 Å². The Bertz CT molecular complexity index is 1020. The first-order valence-electron chi connectivity index (χ1n) is 10.2. The fourth-order valence-corrected chi connectivity index (χ4v) is 3.29. The molecular weight excluding hydrogens is 390 g/mol. The first kappa shape index (κ1) is 20.7. The number of pyridine rings is 1. The first-order valence-corrected chi connectivity index (χ1v) is 10.2. The number of benzene rings is 2. The van der Waals surface area contributed by atoms with Crippen LogP contribution in [0, 0.1) is 6.92 Å². The number of aromatic nitrogens is 1. The van der Waals surface area contributed by atoms with E-state index in [4.69, 9.17) is 4.74 Å². The molecule has 2 unspecified atom stereocenters. The molecule has 1 aliphatic rings. The topological polar surface area (TPSA) is 87.6 Å². The lowest BCUT2D eigenvalue weighted by Crippen LogP contribution is -2.41. The third kappa shape index (κ3) is 5.75. The van der Waals surface area contributed by atoms with Crippen LogP contribution in [0.15, 0.2) is 78.2 Å². The number of ether oxygens (including phenoxy) is 1. The van der Waals surface area contributed by atoms with Crippen molar-refractivity contribution in [1.82, 2.24) is 21.3 Å². The standard InChI is InChI=1S/C24H25N5O2/c1-17-4-6-18(7-5-17)16-31-21-10-8-20(9-11-21)22-13-23(28-27-22)24(30)29-26-15-19-3-2-12-25-14-19/h2-12,14-15,22-23,27-28H,13,16H2,1H3,(H,29,30)/b26-15+. The lowest BCUT2D eigenvalue weighted by atomic mass is 10.0. The minimum Gasteiger partial charge on any atom is -0.489 e. The summed E-state index contributed by atoms with van der Waals surface area (Å²) >= 11 is 0. The van der Waals surface area contributed by atoms with E-state index in [1.54, 1.807) is 18.6 Å². The van der Waals surface area contributed by atoms with E-state index in [-0.39, 0.29) is 18.0 Å². The Hall–Kier alpha value is -3.55. The van der Waals surface area contributed by atoms with E-state index in [1.165, 1.54) is 5.56 Å². The highest BCUT2D eigenvalue weighted by molar-refractivity contribution is 5.84. The highest BCUT2D eigenvalue weighted by Crippen LogP contribution is 2.24. The van der Waals surface area contributed by atoms with Crippen molar-refractivity contribution in [2.24, 2.45) is 5.10 Å². The van der Waals surface area contributed by atoms with Gasteiger partial charge in [0.25, 0.3) is 5.91 Å². The van der Waals surface area contributed by atoms with Crippen LogP contribution in [-0.2, 0) is 11.4 Å². The molecular formula is C24H25N5O2. The Morgan fingerprint density at radius 2 is 1.97 bits per heavy atom. The summed E-state index contributed by atoms with van der Waals surface area (Å²) in [5.41, 5.74) is 13.1. The van der Waals surface area contributed by atoms with Gasteiger partial charge in [-0.2, -0.15) is 5.10 Å². The summed E-state index contributed by atoms with van der Waals surface area (Å²) in [4.78, 5) is 16.3. The fourth-order valence-electron chi connectivity index (χ4n) is 3.29. The molecule has 0 spiro atoms. The average molecular weight is 415 g/mol. The second kappa shape index (κ2) is 9.97. The summed E-state index contributed by atoms with van der Waals surface area (Å²) in [6.07, 6.45) is 5.56. The summed E-state index contributed by atoms with van der Waals surface area (Å²) in [6, 6.07) is 19.6. The number of hydrazone groups is 1. The quantitative estimate of drug-likeness (QED) is 0.408. The van der Waals surface area contributed by atoms with Gasteiger partial charge in [-0.15, -0.1) is 0 Å². The summed E-state index contributed by atoms with van der Waals surface area (Å²) in [7, 11) is 0. The molecule has 2 atom stereocenters. The van der Waals surface area contributed by atoms with Crippen LogP contribution in [-0.4, -0.2) is 23.1 Å². The molecule has 7 heteroatoms. The van der Waals surface area contributed by atoms with Crippen molar-refractivity contribution < 1.29 is 9.53 Å². The van der Waals surface area contributed by atoms with Crippen molar-refractivity contribution in [2.75, 3.05) is 0 Å². The molecule has 3 aromatic rings. The van der Waals surface area contributed by atoms with Gasteiger partial charge in [0.15, 0.2) is 0 Å². The first-order chi connectivity index (χ1) is 15.2. The van der Waals surface area contributed by atoms with Gasteiger partial charge < -0.3 is 4.74 Å². The molecule has 0 saturated carbocycles. The molecule has 3 N–H and O–H groups in total. The third-order valence-corrected chi connectivity index (χ3v) is 5.10. The molecule has 2 aromatic carbocycles. The molecule has 1 aromatic heterocycles. The maximum atomic E-state index is 12.3. The monoisotopic (exact) mass is 415 g/mol. The van der Waals surface area contributed by atoms with Gasteiger partial charge in [0.2, 0.25) is 0 Å². The van der Waals surface area contributed by atoms with Crippen molar-refractivity contribution in [3.63, 3.8) is 0 Å². The second-order valence-electron chi connectivity index (χ2n) is 7.49. The zero-order chi connectivity index (χ0) is 21.5. The number of hydrogen-bond acceptors (Lipinski definition) is 6. The smallest absolute Gasteiger partial charge is 0.258 e. The molecule has 31 heavy (non-hydrogen) atoms. The van der Waals surface area contributed by atoms with Crippen molar-refractivity contribution in [1.29, 1.82) is 0 Å². The zero-order valence-electron chi connectivity index (χ0n) is 17.3. The number of nitrogens with one attached hydrogen (secondary N) is 3. The Morgan fingerprint density at radius 1 is 1.16 bits per heavy atom. The van der Waals surface area contributed by atoms with Gasteiger partial charge in [-0.1, -0.05) is 48.0 Å². The molecule has 0 aliphatic carbocycles. The van der Waals surface area contributed by atoms with Gasteiger partial charge in [0.1, 0.15) is 18.4 Å². The molecule has 1 aliphatic heterocycles. The molecule has 158 valence electrons. The van der Waals surface area contributed by atoms with Crippen molar-refractivity contribution >= 4 is 12.1 Å². The fraction of sp³-hybridized carbons (Fsp3) is 0.208. The zero-order valence-corrected chi connectivity index (χ0v) is 17.3. The van der Waals surface area contributed by atoms with E-state index in [0.29, 0.717) is 13.0 Å². The Morgan fingerprint density at radius 3 is 2.71 bits per heavy atom. The number of hydrazine groups is 1. The third-order valence-electron chi connectivity index (χ3n) is 5.10. The van der Waals surface area contributed by atoms with Crippen LogP contribution >= 0.6 is 0 Å². The number of carbonyl (C=O) groups excluding carboxylic acids is 1. The normalized spacial score (nSPS) is 18.2. The molecule has 0 radical (unpaired) electrons. The lowest BCUT2D eigenvalue weighted by molar-refractivity contribution is -0.122. The Kier molecular flexibility index (Phi) is 6.66. The van der Waals surface area contributed by atoms with Crippen LogP contribution < -0.4 is 21.0 Å². The van der Waals surface area contributed by atoms with Gasteiger partial charge in [-0.05, 0) is 42.7 Å². The molecule has 1 amide bonds. The lowest BCUT2D eigenvalue weighted by Gasteiger charge is -2.11. The predicted molar refractivity (Wildman–Crippen MR) is 119 cm³/mol. The summed E-state index contributed by atoms with van der Waals surface area (Å²) in [5.74, 6) is 0.627. The molecule has 4 rings (SSSR count). The van der Waals surface area contributed by atoms with Crippen LogP contribution in [0.25, 0.3) is 0 Å². The van der Waals surface area contributed by atoms with E-state index in [1.807, 2.05) is 36.4 Å². The summed E-state index contributed by atoms with van der Waals surface area (Å²) in [5, 5.41) is 4.00. The largest absolute Gasteiger partial charge is 0.489 e. The summed E-state index contributed by atoms with van der Waals surface area (Å²) < 4.78 is 5.87. The van der Waals surface area contributed by atoms with E-state index < -0.39 is 0 Å². The van der Waals surface area contributed by atoms with Crippen LogP contribution in [0.2, 0.25) is 0 Å². The van der Waals surface area contributed by atoms with E-state index >= 15 is 0 Å². The predicted octanol–water partition coefficient (Wildman–Crippen LogP) is 3.03. The van der Waals surface area contributed by atoms with Gasteiger partial charge in [-0.25, -0.2) is 16.3 Å². The van der Waals surface area contributed by atoms with Gasteiger partial charge in [-0.3, -0.25) is 9.78 Å². The van der Waals surface area contributed by atoms with Crippen molar-refractivity contribution in [3.05, 3.63) is 95.3 Å². The highest BCUT2D eigenvalue weighted by atomic mass is 16.5. The van der Waals surface area contributed by atoms with Crippen LogP contribution in [0.5, 0.6) is 5.75 Å². The van der Waals surface area contributed by atoms with Gasteiger partial charge in [0, 0.05) is 24.0 Å². The number of aryl methyl sites for hydroxylation is 1. The SMILES string of the molecule is Cc1ccc(COc2ccc(C3CC(C(=O)N/N=C/c4cccnc4)NN3)cc2)cc1. The number of amides is 1. The van der Waals surface area contributed by atoms with E-state index in [2.05, 4.69) is 57.6 Å². The minimum absolute atomic E-state index is 0.0317. The molecule has 1 fully saturated rings. The Labute approximate surface area is 181 Å². The van der Waals surface area contributed by atoms with E-state index in [0.717, 1.165) is 22.4 Å². The van der Waals surface area contributed by atoms with Gasteiger partial charge in [0.05, 0.1) is 6.21 Å². The molecule has 2 heterocycles. The van der Waals surface area contributed by atoms with Crippen LogP contribution in [0.1, 0.15) is 34.7 Å². The number of rotatable bonds is 7. The Balaban J connectivity index is 1.26.